The molecule has 0 unspecified atom stereocenters. The van der Waals surface area contributed by atoms with E-state index >= 15 is 0 Å². The first-order valence-corrected chi connectivity index (χ1v) is 8.65. The molecule has 6 heteroatoms. The van der Waals surface area contributed by atoms with Crippen molar-refractivity contribution in [3.8, 4) is 5.69 Å². The van der Waals surface area contributed by atoms with Gasteiger partial charge in [0, 0.05) is 24.7 Å². The van der Waals surface area contributed by atoms with E-state index in [4.69, 9.17) is 0 Å². The van der Waals surface area contributed by atoms with E-state index in [0.717, 1.165) is 11.4 Å². The Kier molecular flexibility index (Phi) is 4.09. The molecule has 21 heavy (non-hydrogen) atoms. The van der Waals surface area contributed by atoms with E-state index in [2.05, 4.69) is 10.3 Å². The molecule has 114 valence electrons. The van der Waals surface area contributed by atoms with Gasteiger partial charge >= 0.3 is 0 Å². The van der Waals surface area contributed by atoms with E-state index in [0.29, 0.717) is 12.5 Å². The highest BCUT2D eigenvalue weighted by atomic mass is 32.2. The molecule has 0 aliphatic rings. The van der Waals surface area contributed by atoms with Crippen LogP contribution in [0, 0.1) is 6.92 Å². The average Bonchev–Trinajstić information content (AvgIpc) is 2.77. The van der Waals surface area contributed by atoms with Crippen molar-refractivity contribution in [2.45, 2.75) is 25.5 Å². The van der Waals surface area contributed by atoms with Gasteiger partial charge in [0.05, 0.1) is 10.4 Å². The van der Waals surface area contributed by atoms with Crippen LogP contribution in [0.3, 0.4) is 0 Å². The molecule has 0 amide bonds. The number of nitrogens with zero attached hydrogens (tertiary/aromatic N) is 2. The number of aromatic nitrogens is 2. The fraction of sp³-hybridized carbons (Fsp3) is 0.400. The molecule has 0 saturated carbocycles. The predicted octanol–water partition coefficient (Wildman–Crippen LogP) is 2.42. The number of rotatable bonds is 5. The summed E-state index contributed by atoms with van der Waals surface area (Å²) in [6.45, 7) is 5.62. The maximum absolute atomic E-state index is 11.8. The predicted molar refractivity (Wildman–Crippen MR) is 85.7 cm³/mol. The van der Waals surface area contributed by atoms with Gasteiger partial charge in [0.15, 0.2) is 9.84 Å². The number of nitrogens with one attached hydrogen (secondary N) is 1. The second-order valence-electron chi connectivity index (χ2n) is 5.80. The Morgan fingerprint density at radius 1 is 1.24 bits per heavy atom. The summed E-state index contributed by atoms with van der Waals surface area (Å²) in [5, 5.41) is 3.15. The number of aryl methyl sites for hydroxylation is 1. The summed E-state index contributed by atoms with van der Waals surface area (Å²) in [6, 6.07) is 9.82. The first kappa shape index (κ1) is 15.6. The Bertz CT molecular complexity index is 719. The van der Waals surface area contributed by atoms with Crippen molar-refractivity contribution in [3.63, 3.8) is 0 Å². The first-order valence-electron chi connectivity index (χ1n) is 6.75. The van der Waals surface area contributed by atoms with Gasteiger partial charge in [-0.1, -0.05) is 18.2 Å². The lowest BCUT2D eigenvalue weighted by Crippen LogP contribution is -2.38. The number of hydrogen-bond acceptors (Lipinski definition) is 4. The molecule has 2 aromatic rings. The van der Waals surface area contributed by atoms with Crippen LogP contribution in [-0.4, -0.2) is 35.5 Å². The summed E-state index contributed by atoms with van der Waals surface area (Å²) < 4.78 is 24.6. The highest BCUT2D eigenvalue weighted by Gasteiger charge is 2.30. The number of benzene rings is 1. The van der Waals surface area contributed by atoms with Crippen molar-refractivity contribution in [2.75, 3.05) is 18.1 Å². The highest BCUT2D eigenvalue weighted by Crippen LogP contribution is 2.19. The molecule has 0 aliphatic heterocycles. The SMILES string of the molecule is Cc1cn(-c2ccccc2)c(NCC(C)(C)S(C)(=O)=O)n1. The molecule has 0 saturated heterocycles. The van der Waals surface area contributed by atoms with E-state index in [1.54, 1.807) is 13.8 Å². The summed E-state index contributed by atoms with van der Waals surface area (Å²) in [4.78, 5) is 4.43. The molecule has 0 fully saturated rings. The van der Waals surface area contributed by atoms with Crippen molar-refractivity contribution in [3.05, 3.63) is 42.2 Å². The van der Waals surface area contributed by atoms with Crippen molar-refractivity contribution in [2.24, 2.45) is 0 Å². The molecular formula is C15H21N3O2S. The number of hydrogen-bond donors (Lipinski definition) is 1. The molecule has 0 aliphatic carbocycles. The highest BCUT2D eigenvalue weighted by molar-refractivity contribution is 7.92. The van der Waals surface area contributed by atoms with Crippen molar-refractivity contribution >= 4 is 15.8 Å². The summed E-state index contributed by atoms with van der Waals surface area (Å²) in [5.74, 6) is 0.649. The van der Waals surface area contributed by atoms with Gasteiger partial charge in [0.25, 0.3) is 0 Å². The van der Waals surface area contributed by atoms with Gasteiger partial charge in [-0.3, -0.25) is 4.57 Å². The van der Waals surface area contributed by atoms with Crippen LogP contribution in [-0.2, 0) is 9.84 Å². The summed E-state index contributed by atoms with van der Waals surface area (Å²) in [7, 11) is -3.14. The van der Waals surface area contributed by atoms with Crippen molar-refractivity contribution in [1.82, 2.24) is 9.55 Å². The van der Waals surface area contributed by atoms with Gasteiger partial charge in [-0.05, 0) is 32.9 Å². The minimum atomic E-state index is -3.14. The van der Waals surface area contributed by atoms with Crippen molar-refractivity contribution < 1.29 is 8.42 Å². The molecule has 5 nitrogen and oxygen atoms in total. The molecule has 1 N–H and O–H groups in total. The Balaban J connectivity index is 2.27. The van der Waals surface area contributed by atoms with Crippen molar-refractivity contribution in [1.29, 1.82) is 0 Å². The maximum Gasteiger partial charge on any atom is 0.207 e. The van der Waals surface area contributed by atoms with E-state index in [9.17, 15) is 8.42 Å². The minimum Gasteiger partial charge on any atom is -0.354 e. The monoisotopic (exact) mass is 307 g/mol. The molecular weight excluding hydrogens is 286 g/mol. The largest absolute Gasteiger partial charge is 0.354 e. The minimum absolute atomic E-state index is 0.301. The second kappa shape index (κ2) is 5.52. The lowest BCUT2D eigenvalue weighted by molar-refractivity contribution is 0.559. The van der Waals surface area contributed by atoms with Crippen LogP contribution < -0.4 is 5.32 Å². The van der Waals surface area contributed by atoms with Crippen LogP contribution in [0.5, 0.6) is 0 Å². The molecule has 1 heterocycles. The molecule has 0 atom stereocenters. The van der Waals surface area contributed by atoms with Gasteiger partial charge in [-0.15, -0.1) is 0 Å². The molecule has 0 spiro atoms. The van der Waals surface area contributed by atoms with Gasteiger partial charge in [-0.2, -0.15) is 0 Å². The van der Waals surface area contributed by atoms with E-state index in [1.165, 1.54) is 6.26 Å². The standard InChI is InChI=1S/C15H21N3O2S/c1-12-10-18(13-8-6-5-7-9-13)14(17-12)16-11-15(2,3)21(4,19)20/h5-10H,11H2,1-4H3,(H,16,17). The van der Waals surface area contributed by atoms with E-state index in [1.807, 2.05) is 48.0 Å². The Morgan fingerprint density at radius 2 is 1.86 bits per heavy atom. The van der Waals surface area contributed by atoms with E-state index < -0.39 is 14.6 Å². The van der Waals surface area contributed by atoms with Crippen LogP contribution in [0.2, 0.25) is 0 Å². The number of sulfone groups is 1. The lowest BCUT2D eigenvalue weighted by atomic mass is 10.2. The molecule has 1 aromatic carbocycles. The molecule has 1 aromatic heterocycles. The quantitative estimate of drug-likeness (QED) is 0.921. The Hall–Kier alpha value is -1.82. The third kappa shape index (κ3) is 3.44. The zero-order valence-electron chi connectivity index (χ0n) is 12.8. The van der Waals surface area contributed by atoms with Crippen LogP contribution in [0.15, 0.2) is 36.5 Å². The summed E-state index contributed by atoms with van der Waals surface area (Å²) in [6.07, 6.45) is 3.18. The fourth-order valence-electron chi connectivity index (χ4n) is 1.83. The van der Waals surface area contributed by atoms with E-state index in [-0.39, 0.29) is 0 Å². The smallest absolute Gasteiger partial charge is 0.207 e. The van der Waals surface area contributed by atoms with Gasteiger partial charge in [0.1, 0.15) is 0 Å². The Morgan fingerprint density at radius 3 is 2.43 bits per heavy atom. The van der Waals surface area contributed by atoms with Gasteiger partial charge in [-0.25, -0.2) is 13.4 Å². The summed E-state index contributed by atoms with van der Waals surface area (Å²) in [5.41, 5.74) is 1.86. The second-order valence-corrected chi connectivity index (χ2v) is 8.45. The number of imidazole rings is 1. The average molecular weight is 307 g/mol. The normalized spacial score (nSPS) is 12.4. The Labute approximate surface area is 125 Å². The van der Waals surface area contributed by atoms with Crippen LogP contribution in [0.4, 0.5) is 5.95 Å². The molecule has 2 rings (SSSR count). The van der Waals surface area contributed by atoms with Gasteiger partial charge in [0.2, 0.25) is 5.95 Å². The lowest BCUT2D eigenvalue weighted by Gasteiger charge is -2.23. The van der Waals surface area contributed by atoms with Crippen LogP contribution in [0.25, 0.3) is 5.69 Å². The topological polar surface area (TPSA) is 64.0 Å². The van der Waals surface area contributed by atoms with Crippen LogP contribution >= 0.6 is 0 Å². The first-order chi connectivity index (χ1) is 9.71. The maximum atomic E-state index is 11.8. The molecule has 0 bridgehead atoms. The summed E-state index contributed by atoms with van der Waals surface area (Å²) >= 11 is 0. The third-order valence-electron chi connectivity index (χ3n) is 3.54. The zero-order chi connectivity index (χ0) is 15.7. The van der Waals surface area contributed by atoms with Gasteiger partial charge < -0.3 is 5.32 Å². The zero-order valence-corrected chi connectivity index (χ0v) is 13.6. The third-order valence-corrected chi connectivity index (χ3v) is 5.69. The molecule has 0 radical (unpaired) electrons. The number of para-hydroxylation sites is 1. The fourth-order valence-corrected chi connectivity index (χ4v) is 2.17. The van der Waals surface area contributed by atoms with Crippen LogP contribution in [0.1, 0.15) is 19.5 Å². The number of anilines is 1.